The highest BCUT2D eigenvalue weighted by molar-refractivity contribution is 8.44. The number of rotatable bonds is 5. The van der Waals surface area contributed by atoms with E-state index in [9.17, 15) is 18.8 Å². The van der Waals surface area contributed by atoms with Gasteiger partial charge in [0.05, 0.1) is 19.0 Å². The van der Waals surface area contributed by atoms with Gasteiger partial charge in [0.15, 0.2) is 25.7 Å². The van der Waals surface area contributed by atoms with Crippen molar-refractivity contribution in [2.75, 3.05) is 17.7 Å². The van der Waals surface area contributed by atoms with Gasteiger partial charge in [-0.25, -0.2) is 24.1 Å². The number of nitrogen functional groups attached to an aromatic ring is 1. The van der Waals surface area contributed by atoms with E-state index in [0.717, 1.165) is 0 Å². The third-order valence-corrected chi connectivity index (χ3v) is 17.2. The summed E-state index contributed by atoms with van der Waals surface area (Å²) in [5, 5.41) is 2.99. The second-order valence-electron chi connectivity index (χ2n) is 14.4. The van der Waals surface area contributed by atoms with E-state index < -0.39 is 64.7 Å². The molecule has 268 valence electrons. The van der Waals surface area contributed by atoms with Crippen molar-refractivity contribution in [2.24, 2.45) is 5.92 Å². The predicted molar refractivity (Wildman–Crippen MR) is 181 cm³/mol. The van der Waals surface area contributed by atoms with E-state index in [2.05, 4.69) is 42.5 Å². The fraction of sp³-hybridized carbons (Fsp3) is 0.667. The fourth-order valence-electron chi connectivity index (χ4n) is 6.71. The van der Waals surface area contributed by atoms with Gasteiger partial charge in [-0.3, -0.25) is 32.4 Å². The quantitative estimate of drug-likeness (QED) is 0.141. The van der Waals surface area contributed by atoms with Gasteiger partial charge >= 0.3 is 14.6 Å². The number of nitrogens with one attached hydrogen (secondary N) is 2. The summed E-state index contributed by atoms with van der Waals surface area (Å²) in [5.74, 6) is 0.199. The molecule has 0 radical (unpaired) electrons. The molecule has 2 saturated heterocycles. The Labute approximate surface area is 287 Å². The first-order valence-electron chi connectivity index (χ1n) is 15.8. The molecule has 22 heteroatoms. The number of aromatic nitrogens is 6. The third kappa shape index (κ3) is 6.54. The number of hydrogen-bond acceptors (Lipinski definition) is 15. The van der Waals surface area contributed by atoms with Crippen molar-refractivity contribution in [1.82, 2.24) is 29.5 Å². The van der Waals surface area contributed by atoms with E-state index in [1.807, 2.05) is 33.9 Å². The van der Waals surface area contributed by atoms with Crippen LogP contribution in [0.1, 0.15) is 46.3 Å². The first kappa shape index (κ1) is 35.2. The molecule has 2 aliphatic carbocycles. The number of fused-ring (bicyclic) bond motifs is 3. The minimum Gasteiger partial charge on any atom is -0.403 e. The Bertz CT molecular complexity index is 1900. The van der Waals surface area contributed by atoms with Gasteiger partial charge in [-0.2, -0.15) is 4.98 Å². The topological polar surface area (TPSA) is 237 Å². The van der Waals surface area contributed by atoms with Gasteiger partial charge in [0, 0.05) is 12.2 Å². The highest BCUT2D eigenvalue weighted by Gasteiger charge is 2.83. The third-order valence-electron chi connectivity index (χ3n) is 10.1. The van der Waals surface area contributed by atoms with Crippen LogP contribution in [0.3, 0.4) is 0 Å². The molecule has 0 bridgehead atoms. The Morgan fingerprint density at radius 3 is 2.67 bits per heavy atom. The average Bonchev–Trinajstić information content (AvgIpc) is 3.34. The standard InChI is InChI=1S/C27H40N8O10P2SSi/c1-26(2,3)49(4,5)45-27-19-20(27)44-47(39,48)42-16-11-15(32-17-6-8-29-12-30-17)10-14(16)7-9-40-46(37,38)43-21(27)24(41-19)35-13-31-18-22(35)33-25(28)34-23(18)36/h6,8,12-16,19-21,24H,7,9-11H2,1-5H3,(H,37,38)(H,39,48)(H,29,30,32)(H3,28,33,34,36)/t14-,15+,16-,19+,20-,21-,24+,27?,47?/m0/s1. The Kier molecular flexibility index (Phi) is 8.75. The summed E-state index contributed by atoms with van der Waals surface area (Å²) in [6.45, 7) is 5.75. The number of nitrogens with two attached hydrogens (primary N) is 1. The number of aromatic amines is 1. The van der Waals surface area contributed by atoms with E-state index in [1.165, 1.54) is 17.2 Å². The lowest BCUT2D eigenvalue weighted by molar-refractivity contribution is -0.0861. The lowest BCUT2D eigenvalue weighted by Crippen LogP contribution is -2.51. The molecule has 2 aliphatic heterocycles. The number of imidazole rings is 1. The number of H-pyrrole nitrogens is 1. The first-order valence-corrected chi connectivity index (χ1v) is 22.9. The first-order chi connectivity index (χ1) is 22.9. The van der Waals surface area contributed by atoms with Gasteiger partial charge in [-0.1, -0.05) is 33.0 Å². The van der Waals surface area contributed by atoms with Crippen LogP contribution in [0.4, 0.5) is 11.8 Å². The highest BCUT2D eigenvalue weighted by atomic mass is 32.7. The Morgan fingerprint density at radius 1 is 1.18 bits per heavy atom. The molecular weight excluding hydrogens is 718 g/mol. The van der Waals surface area contributed by atoms with E-state index in [-0.39, 0.29) is 47.1 Å². The molecule has 18 nitrogen and oxygen atoms in total. The molecule has 10 atom stereocenters. The average molecular weight is 759 g/mol. The summed E-state index contributed by atoms with van der Waals surface area (Å²) >= 11 is 4.41. The van der Waals surface area contributed by atoms with Crippen LogP contribution >= 0.6 is 26.9 Å². The minimum absolute atomic E-state index is 0.0362. The molecule has 3 aromatic rings. The normalized spacial score (nSPS) is 38.2. The second kappa shape index (κ2) is 12.2. The van der Waals surface area contributed by atoms with Crippen molar-refractivity contribution in [3.05, 3.63) is 35.3 Å². The number of phosphoric acid groups is 1. The molecule has 3 aromatic heterocycles. The zero-order chi connectivity index (χ0) is 35.1. The summed E-state index contributed by atoms with van der Waals surface area (Å²) < 4.78 is 66.5. The summed E-state index contributed by atoms with van der Waals surface area (Å²) in [5.41, 5.74) is 3.71. The molecule has 4 aliphatic rings. The number of thiol groups is 1. The predicted octanol–water partition coefficient (Wildman–Crippen LogP) is 3.77. The van der Waals surface area contributed by atoms with Gasteiger partial charge in [-0.05, 0) is 49.4 Å². The smallest absolute Gasteiger partial charge is 0.403 e. The number of hydrogen-bond donors (Lipinski definition) is 5. The number of ether oxygens (including phenoxy) is 1. The maximum absolute atomic E-state index is 14.1. The van der Waals surface area contributed by atoms with Crippen LogP contribution in [0.5, 0.6) is 0 Å². The number of nitrogens with zero attached hydrogens (tertiary/aromatic N) is 5. The summed E-state index contributed by atoms with van der Waals surface area (Å²) in [7, 11) is -7.58. The second-order valence-corrected chi connectivity index (χ2v) is 23.3. The molecule has 4 fully saturated rings. The van der Waals surface area contributed by atoms with E-state index in [1.54, 1.807) is 12.3 Å². The Balaban J connectivity index is 1.26. The number of phosphoric ester groups is 1. The molecule has 5 heterocycles. The van der Waals surface area contributed by atoms with Crippen LogP contribution in [-0.4, -0.2) is 85.4 Å². The highest BCUT2D eigenvalue weighted by Crippen LogP contribution is 2.70. The van der Waals surface area contributed by atoms with Gasteiger partial charge in [0.1, 0.15) is 36.1 Å². The summed E-state index contributed by atoms with van der Waals surface area (Å²) in [4.78, 5) is 42.8. The maximum Gasteiger partial charge on any atom is 0.472 e. The Hall–Kier alpha value is -2.22. The molecular formula is C27H40N8O10P2SSi. The van der Waals surface area contributed by atoms with Crippen molar-refractivity contribution < 1.29 is 41.3 Å². The zero-order valence-corrected chi connectivity index (χ0v) is 31.1. The van der Waals surface area contributed by atoms with Crippen molar-refractivity contribution in [3.8, 4) is 0 Å². The number of anilines is 2. The van der Waals surface area contributed by atoms with Crippen molar-refractivity contribution in [2.45, 2.75) is 100 Å². The van der Waals surface area contributed by atoms with Crippen molar-refractivity contribution in [3.63, 3.8) is 0 Å². The van der Waals surface area contributed by atoms with Crippen molar-refractivity contribution >= 4 is 58.1 Å². The van der Waals surface area contributed by atoms with Crippen LogP contribution in [0, 0.1) is 5.92 Å². The molecule has 0 aromatic carbocycles. The van der Waals surface area contributed by atoms with E-state index >= 15 is 0 Å². The van der Waals surface area contributed by atoms with Crippen LogP contribution in [0.15, 0.2) is 29.7 Å². The molecule has 0 amide bonds. The van der Waals surface area contributed by atoms with Gasteiger partial charge in [-0.15, -0.1) is 0 Å². The summed E-state index contributed by atoms with van der Waals surface area (Å²) in [6, 6.07) is 1.61. The zero-order valence-electron chi connectivity index (χ0n) is 27.5. The lowest BCUT2D eigenvalue weighted by Gasteiger charge is -2.41. The van der Waals surface area contributed by atoms with Crippen LogP contribution < -0.4 is 16.6 Å². The van der Waals surface area contributed by atoms with Crippen LogP contribution in [0.25, 0.3) is 11.2 Å². The lowest BCUT2D eigenvalue weighted by atomic mass is 10.0. The van der Waals surface area contributed by atoms with Crippen molar-refractivity contribution in [1.29, 1.82) is 0 Å². The molecule has 7 rings (SSSR count). The van der Waals surface area contributed by atoms with Crippen LogP contribution in [0.2, 0.25) is 18.1 Å². The van der Waals surface area contributed by atoms with Gasteiger partial charge < -0.3 is 25.1 Å². The van der Waals surface area contributed by atoms with Crippen LogP contribution in [-0.2, 0) is 36.4 Å². The monoisotopic (exact) mass is 758 g/mol. The molecule has 49 heavy (non-hydrogen) atoms. The summed E-state index contributed by atoms with van der Waals surface area (Å²) in [6.07, 6.45) is 0.342. The van der Waals surface area contributed by atoms with E-state index in [4.69, 9.17) is 33.0 Å². The van der Waals surface area contributed by atoms with E-state index in [0.29, 0.717) is 18.7 Å². The van der Waals surface area contributed by atoms with Gasteiger partial charge in [0.2, 0.25) is 5.95 Å². The molecule has 3 unspecified atom stereocenters. The molecule has 5 N–H and O–H groups in total. The largest absolute Gasteiger partial charge is 0.472 e. The molecule has 2 saturated carbocycles. The molecule has 0 spiro atoms. The Morgan fingerprint density at radius 2 is 1.96 bits per heavy atom. The SMILES string of the molecule is CC(C)(C)[Si](C)(C)OC12[C@@H]3O[C@@H](n4cnc5c(=O)[nH]c(N)nc54)[C@@H]1OP(=O)(O)OCC[C@H]1C[C@@H](Nc4ccncn4)C[C@@H]1OP(=O)(S)O[C@@H]32. The fourth-order valence-corrected chi connectivity index (χ4v) is 11.1. The van der Waals surface area contributed by atoms with Gasteiger partial charge in [0.25, 0.3) is 5.56 Å². The maximum atomic E-state index is 14.1. The minimum atomic E-state index is -4.82.